The average Bonchev–Trinajstić information content (AvgIpc) is 0.937. The van der Waals surface area contributed by atoms with Gasteiger partial charge in [-0.05, 0) is 161 Å². The minimum atomic E-state index is -5.02. The van der Waals surface area contributed by atoms with Gasteiger partial charge in [-0.25, -0.2) is 9.13 Å². The standard InChI is InChI=1S/C85H132O17P2/c1-5-9-13-17-21-25-29-33-37-39-43-45-49-53-57-61-65-69-82(87)95-75-80(101-84(89)71-67-63-59-55-51-47-41-35-31-27-23-19-15-11-7-3)77-99-103(91,92)97-73-79(86)74-98-104(93,94)100-78-81(102-85(90)72-68-64-60-56-52-48-42-36-32-28-24-20-16-12-8-4)76-96-83(88)70-66-62-58-54-50-46-44-40-38-34-30-26-22-18-14-10-6-2/h9-16,21-28,33-38,41-46,51,54-55,58,63,67,79-81,86H,5-8,17-20,29-32,39-40,47-50,52-53,56-57,59-62,64-66,68-78H2,1-4H3,(H,91,92)(H,93,94)/b13-9-,14-10-,15-11-,16-12-,25-21-,26-22-,27-23-,28-24-,37-33-,38-34-,41-35-,42-36-,45-43-,46-44-,55-51-,58-54-,67-63-. The van der Waals surface area contributed by atoms with Crippen LogP contribution in [0.25, 0.3) is 0 Å². The normalized spacial score (nSPS) is 15.0. The zero-order valence-corrected chi connectivity index (χ0v) is 65.4. The Morgan fingerprint density at radius 2 is 0.519 bits per heavy atom. The number of allylic oxidation sites excluding steroid dienone is 33. The summed E-state index contributed by atoms with van der Waals surface area (Å²) in [6, 6.07) is 0. The maximum Gasteiger partial charge on any atom is 0.472 e. The van der Waals surface area contributed by atoms with Gasteiger partial charge in [-0.2, -0.15) is 0 Å². The molecule has 0 heterocycles. The minimum absolute atomic E-state index is 0.0512. The molecule has 0 aliphatic rings. The van der Waals surface area contributed by atoms with Crippen molar-refractivity contribution in [3.8, 4) is 0 Å². The molecule has 0 radical (unpaired) electrons. The van der Waals surface area contributed by atoms with Gasteiger partial charge < -0.3 is 33.8 Å². The predicted molar refractivity (Wildman–Crippen MR) is 426 cm³/mol. The van der Waals surface area contributed by atoms with Crippen molar-refractivity contribution in [2.75, 3.05) is 39.6 Å². The second-order valence-electron chi connectivity index (χ2n) is 24.4. The highest BCUT2D eigenvalue weighted by Gasteiger charge is 2.30. The van der Waals surface area contributed by atoms with Crippen LogP contribution in [0.3, 0.4) is 0 Å². The van der Waals surface area contributed by atoms with Gasteiger partial charge in [-0.15, -0.1) is 0 Å². The Hall–Kier alpha value is -6.36. The van der Waals surface area contributed by atoms with Crippen LogP contribution in [0.5, 0.6) is 0 Å². The first-order valence-corrected chi connectivity index (χ1v) is 41.3. The molecular weight excluding hydrogens is 1350 g/mol. The van der Waals surface area contributed by atoms with Gasteiger partial charge in [0.25, 0.3) is 0 Å². The van der Waals surface area contributed by atoms with E-state index in [0.29, 0.717) is 32.1 Å². The van der Waals surface area contributed by atoms with Crippen LogP contribution in [0.1, 0.15) is 246 Å². The quantitative estimate of drug-likeness (QED) is 0.0169. The molecule has 17 nitrogen and oxygen atoms in total. The van der Waals surface area contributed by atoms with Crippen LogP contribution < -0.4 is 0 Å². The van der Waals surface area contributed by atoms with Crippen LogP contribution in [0.4, 0.5) is 0 Å². The van der Waals surface area contributed by atoms with Crippen molar-refractivity contribution in [3.63, 3.8) is 0 Å². The number of esters is 4. The second-order valence-corrected chi connectivity index (χ2v) is 27.3. The molecule has 104 heavy (non-hydrogen) atoms. The van der Waals surface area contributed by atoms with Gasteiger partial charge in [0, 0.05) is 19.3 Å². The van der Waals surface area contributed by atoms with E-state index in [2.05, 4.69) is 198 Å². The van der Waals surface area contributed by atoms with E-state index in [1.807, 2.05) is 24.3 Å². The highest BCUT2D eigenvalue weighted by atomic mass is 31.2. The molecule has 0 aliphatic heterocycles. The summed E-state index contributed by atoms with van der Waals surface area (Å²) < 4.78 is 68.3. The van der Waals surface area contributed by atoms with E-state index in [0.717, 1.165) is 161 Å². The van der Waals surface area contributed by atoms with Crippen molar-refractivity contribution in [1.29, 1.82) is 0 Å². The largest absolute Gasteiger partial charge is 0.472 e. The third kappa shape index (κ3) is 73.9. The molecule has 0 spiro atoms. The molecule has 19 heteroatoms. The van der Waals surface area contributed by atoms with Crippen molar-refractivity contribution in [2.45, 2.75) is 264 Å². The van der Waals surface area contributed by atoms with Crippen LogP contribution in [-0.4, -0.2) is 96.7 Å². The number of unbranched alkanes of at least 4 members (excludes halogenated alkanes) is 10. The summed E-state index contributed by atoms with van der Waals surface area (Å²) in [6.45, 7) is 4.14. The molecule has 5 atom stereocenters. The van der Waals surface area contributed by atoms with E-state index in [9.17, 15) is 43.2 Å². The zero-order valence-electron chi connectivity index (χ0n) is 63.6. The van der Waals surface area contributed by atoms with Crippen LogP contribution in [0.15, 0.2) is 207 Å². The van der Waals surface area contributed by atoms with Crippen LogP contribution in [-0.2, 0) is 65.4 Å². The Morgan fingerprint density at radius 3 is 0.846 bits per heavy atom. The van der Waals surface area contributed by atoms with E-state index >= 15 is 0 Å². The summed E-state index contributed by atoms with van der Waals surface area (Å²) in [5.74, 6) is -2.47. The summed E-state index contributed by atoms with van der Waals surface area (Å²) >= 11 is 0. The summed E-state index contributed by atoms with van der Waals surface area (Å²) in [4.78, 5) is 72.9. The highest BCUT2D eigenvalue weighted by Crippen LogP contribution is 2.45. The zero-order chi connectivity index (χ0) is 76.0. The second kappa shape index (κ2) is 74.9. The first kappa shape index (κ1) is 97.6. The molecule has 0 saturated carbocycles. The number of hydrogen-bond acceptors (Lipinski definition) is 15. The molecule has 0 bridgehead atoms. The Kier molecular flexibility index (Phi) is 70.3. The van der Waals surface area contributed by atoms with Gasteiger partial charge >= 0.3 is 39.5 Å². The summed E-state index contributed by atoms with van der Waals surface area (Å²) in [7, 11) is -10.0. The van der Waals surface area contributed by atoms with E-state index in [4.69, 9.17) is 37.0 Å². The van der Waals surface area contributed by atoms with E-state index < -0.39 is 97.5 Å². The molecule has 0 fully saturated rings. The SMILES string of the molecule is CC/C=C\C/C=C\C/C=C\C/C=C\C/C=C\CCCC(=O)OCC(COP(=O)(O)OCC(O)COP(=O)(O)OCC(COC(=O)CCCCCC/C=C\C/C=C\C/C=C\C/C=C\CC)OC(=O)C/C=C\C/C=C\C/C=C\C/C=C\C/C=C\CC)OC(=O)CCCCCCC/C=C\C/C=C\C/C=C\CC. The van der Waals surface area contributed by atoms with E-state index in [-0.39, 0.29) is 25.7 Å². The molecule has 0 aromatic carbocycles. The maximum atomic E-state index is 13.1. The number of ether oxygens (including phenoxy) is 4. The lowest BCUT2D eigenvalue weighted by atomic mass is 10.1. The molecule has 0 aromatic rings. The average molecular weight is 1490 g/mol. The van der Waals surface area contributed by atoms with Crippen molar-refractivity contribution in [2.24, 2.45) is 0 Å². The molecular formula is C85H132O17P2. The lowest BCUT2D eigenvalue weighted by Gasteiger charge is -2.21. The van der Waals surface area contributed by atoms with E-state index in [1.54, 1.807) is 12.2 Å². The van der Waals surface area contributed by atoms with Gasteiger partial charge in [0.05, 0.1) is 32.8 Å². The summed E-state index contributed by atoms with van der Waals surface area (Å²) in [6.07, 6.45) is 92.9. The molecule has 0 aliphatic carbocycles. The number of carbonyl (C=O) groups is 4. The first-order valence-electron chi connectivity index (χ1n) is 38.3. The summed E-state index contributed by atoms with van der Waals surface area (Å²) in [5, 5.41) is 10.6. The summed E-state index contributed by atoms with van der Waals surface area (Å²) in [5.41, 5.74) is 0. The molecule has 3 N–H and O–H groups in total. The third-order valence-corrected chi connectivity index (χ3v) is 16.7. The molecule has 5 unspecified atom stereocenters. The maximum absolute atomic E-state index is 13.1. The number of phosphoric ester groups is 2. The van der Waals surface area contributed by atoms with E-state index in [1.165, 1.54) is 0 Å². The number of carbonyl (C=O) groups excluding carboxylic acids is 4. The fourth-order valence-electron chi connectivity index (χ4n) is 9.10. The Balaban J connectivity index is 5.54. The molecule has 0 saturated heterocycles. The van der Waals surface area contributed by atoms with Gasteiger partial charge in [-0.1, -0.05) is 266 Å². The van der Waals surface area contributed by atoms with Crippen LogP contribution in [0, 0.1) is 0 Å². The van der Waals surface area contributed by atoms with Crippen molar-refractivity contribution >= 4 is 39.5 Å². The molecule has 0 amide bonds. The Morgan fingerprint density at radius 1 is 0.279 bits per heavy atom. The monoisotopic (exact) mass is 1490 g/mol. The van der Waals surface area contributed by atoms with Crippen LogP contribution >= 0.6 is 15.6 Å². The van der Waals surface area contributed by atoms with Gasteiger partial charge in [0.1, 0.15) is 19.3 Å². The molecule has 0 rings (SSSR count). The van der Waals surface area contributed by atoms with Crippen molar-refractivity contribution in [1.82, 2.24) is 0 Å². The molecule has 0 aromatic heterocycles. The molecule has 584 valence electrons. The highest BCUT2D eigenvalue weighted by molar-refractivity contribution is 7.47. The fraction of sp³-hybridized carbons (Fsp3) is 0.553. The van der Waals surface area contributed by atoms with Crippen LogP contribution in [0.2, 0.25) is 0 Å². The van der Waals surface area contributed by atoms with Gasteiger partial charge in [-0.3, -0.25) is 37.3 Å². The van der Waals surface area contributed by atoms with Gasteiger partial charge in [0.15, 0.2) is 12.2 Å². The number of phosphoric acid groups is 2. The minimum Gasteiger partial charge on any atom is -0.462 e. The number of aliphatic hydroxyl groups is 1. The van der Waals surface area contributed by atoms with Crippen molar-refractivity contribution in [3.05, 3.63) is 207 Å². The lowest BCUT2D eigenvalue weighted by Crippen LogP contribution is -2.30. The predicted octanol–water partition coefficient (Wildman–Crippen LogP) is 22.3. The number of rotatable bonds is 69. The van der Waals surface area contributed by atoms with Crippen molar-refractivity contribution < 1.29 is 80.2 Å². The fourth-order valence-corrected chi connectivity index (χ4v) is 10.7. The number of aliphatic hydroxyl groups excluding tert-OH is 1. The van der Waals surface area contributed by atoms with Gasteiger partial charge in [0.2, 0.25) is 0 Å². The Bertz CT molecular complexity index is 2790. The smallest absolute Gasteiger partial charge is 0.462 e. The number of hydrogen-bond donors (Lipinski definition) is 3. The third-order valence-electron chi connectivity index (χ3n) is 14.8. The topological polar surface area (TPSA) is 237 Å². The first-order chi connectivity index (χ1) is 50.7. The Labute approximate surface area is 627 Å². The lowest BCUT2D eigenvalue weighted by molar-refractivity contribution is -0.161.